The summed E-state index contributed by atoms with van der Waals surface area (Å²) in [5, 5.41) is 4.69. The van der Waals surface area contributed by atoms with Crippen molar-refractivity contribution in [3.05, 3.63) is 77.1 Å². The van der Waals surface area contributed by atoms with Gasteiger partial charge in [-0.05, 0) is 57.9 Å². The third kappa shape index (κ3) is 7.18. The van der Waals surface area contributed by atoms with Gasteiger partial charge in [0.1, 0.15) is 17.9 Å². The largest absolute Gasteiger partial charge is 0.485 e. The van der Waals surface area contributed by atoms with Gasteiger partial charge in [-0.25, -0.2) is 4.68 Å². The van der Waals surface area contributed by atoms with Crippen LogP contribution in [-0.2, 0) is 25.7 Å². The molecule has 0 aliphatic rings. The molecular formula is C28H34N2O5. The summed E-state index contributed by atoms with van der Waals surface area (Å²) in [5.74, 6) is -0.395. The number of rotatable bonds is 9. The maximum atomic E-state index is 12.5. The Morgan fingerprint density at radius 3 is 2.31 bits per heavy atom. The summed E-state index contributed by atoms with van der Waals surface area (Å²) in [6, 6.07) is 17.7. The van der Waals surface area contributed by atoms with Crippen LogP contribution in [-0.4, -0.2) is 34.4 Å². The number of hydrogen-bond donors (Lipinski definition) is 0. The number of esters is 2. The van der Waals surface area contributed by atoms with Gasteiger partial charge in [0, 0.05) is 5.92 Å². The molecule has 7 nitrogen and oxygen atoms in total. The van der Waals surface area contributed by atoms with E-state index in [9.17, 15) is 9.59 Å². The lowest BCUT2D eigenvalue weighted by Gasteiger charge is -2.22. The van der Waals surface area contributed by atoms with Crippen molar-refractivity contribution in [3.63, 3.8) is 0 Å². The maximum Gasteiger partial charge on any atom is 0.306 e. The van der Waals surface area contributed by atoms with Crippen molar-refractivity contribution >= 4 is 11.9 Å². The van der Waals surface area contributed by atoms with E-state index in [2.05, 4.69) is 5.10 Å². The lowest BCUT2D eigenvalue weighted by Crippen LogP contribution is -2.25. The highest BCUT2D eigenvalue weighted by Crippen LogP contribution is 2.30. The van der Waals surface area contributed by atoms with Gasteiger partial charge in [0.05, 0.1) is 31.3 Å². The number of aromatic nitrogens is 2. The molecule has 2 aromatic carbocycles. The van der Waals surface area contributed by atoms with Crippen LogP contribution in [0.1, 0.15) is 62.0 Å². The first-order valence-electron chi connectivity index (χ1n) is 11.7. The van der Waals surface area contributed by atoms with Crippen molar-refractivity contribution in [1.82, 2.24) is 9.78 Å². The molecule has 0 saturated heterocycles. The summed E-state index contributed by atoms with van der Waals surface area (Å²) in [6.07, 6.45) is 0.139. The quantitative estimate of drug-likeness (QED) is 0.381. The van der Waals surface area contributed by atoms with Crippen molar-refractivity contribution in [2.24, 2.45) is 0 Å². The Balaban J connectivity index is 1.86. The molecule has 1 heterocycles. The first kappa shape index (κ1) is 26.0. The normalized spacial score (nSPS) is 12.2. The minimum absolute atomic E-state index is 0.0678. The average Bonchev–Trinajstić information content (AvgIpc) is 3.09. The number of benzene rings is 2. The summed E-state index contributed by atoms with van der Waals surface area (Å²) in [4.78, 5) is 24.6. The van der Waals surface area contributed by atoms with Crippen LogP contribution < -0.4 is 4.74 Å². The van der Waals surface area contributed by atoms with Gasteiger partial charge in [-0.2, -0.15) is 5.10 Å². The highest BCUT2D eigenvalue weighted by atomic mass is 16.6. The summed E-state index contributed by atoms with van der Waals surface area (Å²) in [6.45, 7) is 9.78. The van der Waals surface area contributed by atoms with E-state index in [4.69, 9.17) is 14.2 Å². The van der Waals surface area contributed by atoms with Gasteiger partial charge in [-0.15, -0.1) is 0 Å². The topological polar surface area (TPSA) is 79.7 Å². The second-order valence-electron chi connectivity index (χ2n) is 9.55. The SMILES string of the molecule is COC(=O)C[C@H](CC(=O)OC(C)(C)C)c1cccc(-n2nc(C)c(OCc3ccccc3)c2C)c1. The van der Waals surface area contributed by atoms with Crippen molar-refractivity contribution in [3.8, 4) is 11.4 Å². The van der Waals surface area contributed by atoms with Gasteiger partial charge in [-0.3, -0.25) is 9.59 Å². The van der Waals surface area contributed by atoms with Crippen molar-refractivity contribution < 1.29 is 23.8 Å². The molecule has 0 unspecified atom stereocenters. The fraction of sp³-hybridized carbons (Fsp3) is 0.393. The third-order valence-electron chi connectivity index (χ3n) is 5.51. The fourth-order valence-electron chi connectivity index (χ4n) is 3.91. The third-order valence-corrected chi connectivity index (χ3v) is 5.51. The van der Waals surface area contributed by atoms with Crippen molar-refractivity contribution in [1.29, 1.82) is 0 Å². The van der Waals surface area contributed by atoms with Crippen LogP contribution in [0.3, 0.4) is 0 Å². The molecule has 0 N–H and O–H groups in total. The van der Waals surface area contributed by atoms with E-state index in [0.717, 1.165) is 34.0 Å². The Kier molecular flexibility index (Phi) is 8.33. The van der Waals surface area contributed by atoms with Gasteiger partial charge < -0.3 is 14.2 Å². The number of methoxy groups -OCH3 is 1. The highest BCUT2D eigenvalue weighted by molar-refractivity contribution is 5.75. The molecule has 35 heavy (non-hydrogen) atoms. The maximum absolute atomic E-state index is 12.5. The molecule has 1 atom stereocenters. The van der Waals surface area contributed by atoms with Gasteiger partial charge in [0.15, 0.2) is 5.75 Å². The second-order valence-corrected chi connectivity index (χ2v) is 9.55. The molecule has 0 aliphatic heterocycles. The van der Waals surface area contributed by atoms with E-state index in [1.54, 1.807) is 0 Å². The molecule has 3 rings (SSSR count). The Morgan fingerprint density at radius 2 is 1.66 bits per heavy atom. The van der Waals surface area contributed by atoms with Crippen LogP contribution in [0.2, 0.25) is 0 Å². The van der Waals surface area contributed by atoms with E-state index < -0.39 is 5.60 Å². The Labute approximate surface area is 207 Å². The molecule has 3 aromatic rings. The molecule has 0 bridgehead atoms. The number of carbonyl (C=O) groups is 2. The van der Waals surface area contributed by atoms with Crippen LogP contribution in [0, 0.1) is 13.8 Å². The Morgan fingerprint density at radius 1 is 0.971 bits per heavy atom. The molecule has 0 aliphatic carbocycles. The van der Waals surface area contributed by atoms with Crippen molar-refractivity contribution in [2.45, 2.75) is 65.6 Å². The zero-order valence-corrected chi connectivity index (χ0v) is 21.3. The Bertz CT molecular complexity index is 1160. The lowest BCUT2D eigenvalue weighted by atomic mass is 9.92. The molecule has 186 valence electrons. The van der Waals surface area contributed by atoms with Crippen LogP contribution in [0.25, 0.3) is 5.69 Å². The number of hydrogen-bond acceptors (Lipinski definition) is 6. The number of nitrogens with zero attached hydrogens (tertiary/aromatic N) is 2. The molecule has 0 radical (unpaired) electrons. The lowest BCUT2D eigenvalue weighted by molar-refractivity contribution is -0.155. The van der Waals surface area contributed by atoms with E-state index >= 15 is 0 Å². The highest BCUT2D eigenvalue weighted by Gasteiger charge is 2.25. The van der Waals surface area contributed by atoms with E-state index in [-0.39, 0.29) is 30.7 Å². The molecular weight excluding hydrogens is 444 g/mol. The minimum atomic E-state index is -0.603. The minimum Gasteiger partial charge on any atom is -0.485 e. The first-order valence-corrected chi connectivity index (χ1v) is 11.7. The molecule has 1 aromatic heterocycles. The summed E-state index contributed by atoms with van der Waals surface area (Å²) in [7, 11) is 1.34. The summed E-state index contributed by atoms with van der Waals surface area (Å²) >= 11 is 0. The number of ether oxygens (including phenoxy) is 3. The summed E-state index contributed by atoms with van der Waals surface area (Å²) in [5.41, 5.74) is 3.77. The predicted octanol–water partition coefficient (Wildman–Crippen LogP) is 5.45. The van der Waals surface area contributed by atoms with Crippen LogP contribution >= 0.6 is 0 Å². The van der Waals surface area contributed by atoms with Gasteiger partial charge in [-0.1, -0.05) is 42.5 Å². The molecule has 0 saturated carbocycles. The molecule has 0 fully saturated rings. The number of aryl methyl sites for hydroxylation is 1. The summed E-state index contributed by atoms with van der Waals surface area (Å²) < 4.78 is 18.3. The second kappa shape index (κ2) is 11.2. The standard InChI is InChI=1S/C28H34N2O5/c1-19-27(34-18-21-11-8-7-9-12-21)20(2)30(29-19)24-14-10-13-22(15-24)23(16-25(31)33-6)17-26(32)35-28(3,4)5/h7-15,23H,16-18H2,1-6H3/t23-/m1/s1. The molecule has 0 spiro atoms. The van der Waals surface area contributed by atoms with E-state index in [1.165, 1.54) is 7.11 Å². The zero-order valence-electron chi connectivity index (χ0n) is 21.3. The smallest absolute Gasteiger partial charge is 0.306 e. The Hall–Kier alpha value is -3.61. The fourth-order valence-corrected chi connectivity index (χ4v) is 3.91. The predicted molar refractivity (Wildman–Crippen MR) is 134 cm³/mol. The van der Waals surface area contributed by atoms with Gasteiger partial charge in [0.25, 0.3) is 0 Å². The van der Waals surface area contributed by atoms with Crippen molar-refractivity contribution in [2.75, 3.05) is 7.11 Å². The van der Waals surface area contributed by atoms with Crippen LogP contribution in [0.5, 0.6) is 5.75 Å². The monoisotopic (exact) mass is 478 g/mol. The first-order chi connectivity index (χ1) is 16.6. The van der Waals surface area contributed by atoms with Crippen LogP contribution in [0.4, 0.5) is 0 Å². The molecule has 7 heteroatoms. The van der Waals surface area contributed by atoms with Crippen LogP contribution in [0.15, 0.2) is 54.6 Å². The average molecular weight is 479 g/mol. The number of carbonyl (C=O) groups excluding carboxylic acids is 2. The van der Waals surface area contributed by atoms with E-state index in [0.29, 0.717) is 6.61 Å². The van der Waals surface area contributed by atoms with E-state index in [1.807, 2.05) is 93.9 Å². The van der Waals surface area contributed by atoms with Gasteiger partial charge in [0.2, 0.25) is 0 Å². The van der Waals surface area contributed by atoms with Gasteiger partial charge >= 0.3 is 11.9 Å². The zero-order chi connectivity index (χ0) is 25.6. The molecule has 0 amide bonds.